The molecule has 5 heteroatoms. The molecular formula is C17H28N4O. The van der Waals surface area contributed by atoms with Gasteiger partial charge in [0.2, 0.25) is 5.91 Å². The molecule has 1 aromatic carbocycles. The van der Waals surface area contributed by atoms with Gasteiger partial charge < -0.3 is 10.6 Å². The van der Waals surface area contributed by atoms with Gasteiger partial charge >= 0.3 is 0 Å². The van der Waals surface area contributed by atoms with Crippen molar-refractivity contribution in [2.24, 2.45) is 0 Å². The van der Waals surface area contributed by atoms with Gasteiger partial charge in [-0.05, 0) is 19.5 Å². The van der Waals surface area contributed by atoms with Crippen LogP contribution in [0.2, 0.25) is 0 Å². The first-order valence-corrected chi connectivity index (χ1v) is 8.10. The topological polar surface area (TPSA) is 47.6 Å². The SMILES string of the molecule is CNC(C)CNC(=O)CN1CCN(Cc2ccccc2)CC1. The lowest BCUT2D eigenvalue weighted by atomic mass is 10.2. The monoisotopic (exact) mass is 304 g/mol. The van der Waals surface area contributed by atoms with Gasteiger partial charge in [-0.3, -0.25) is 14.6 Å². The highest BCUT2D eigenvalue weighted by Gasteiger charge is 2.18. The summed E-state index contributed by atoms with van der Waals surface area (Å²) in [6, 6.07) is 10.9. The van der Waals surface area contributed by atoms with E-state index >= 15 is 0 Å². The lowest BCUT2D eigenvalue weighted by Gasteiger charge is -2.34. The van der Waals surface area contributed by atoms with Crippen molar-refractivity contribution in [1.29, 1.82) is 0 Å². The van der Waals surface area contributed by atoms with Crippen LogP contribution in [0.4, 0.5) is 0 Å². The average Bonchev–Trinajstić information content (AvgIpc) is 2.55. The molecule has 2 N–H and O–H groups in total. The van der Waals surface area contributed by atoms with E-state index in [0.717, 1.165) is 32.7 Å². The molecule has 1 atom stereocenters. The third kappa shape index (κ3) is 5.75. The van der Waals surface area contributed by atoms with Crippen LogP contribution in [0.1, 0.15) is 12.5 Å². The van der Waals surface area contributed by atoms with E-state index in [-0.39, 0.29) is 5.91 Å². The first-order chi connectivity index (χ1) is 10.7. The van der Waals surface area contributed by atoms with Gasteiger partial charge in [0.1, 0.15) is 0 Å². The summed E-state index contributed by atoms with van der Waals surface area (Å²) in [5.74, 6) is 0.124. The quantitative estimate of drug-likeness (QED) is 0.771. The second-order valence-corrected chi connectivity index (χ2v) is 6.03. The van der Waals surface area contributed by atoms with Crippen molar-refractivity contribution in [2.45, 2.75) is 19.5 Å². The Balaban J connectivity index is 1.65. The molecule has 5 nitrogen and oxygen atoms in total. The van der Waals surface area contributed by atoms with E-state index in [1.165, 1.54) is 5.56 Å². The van der Waals surface area contributed by atoms with Gasteiger partial charge in [0.05, 0.1) is 6.54 Å². The Kier molecular flexibility index (Phi) is 6.83. The molecule has 0 spiro atoms. The van der Waals surface area contributed by atoms with E-state index in [0.29, 0.717) is 19.1 Å². The summed E-state index contributed by atoms with van der Waals surface area (Å²) in [7, 11) is 1.91. The van der Waals surface area contributed by atoms with Gasteiger partial charge in [-0.25, -0.2) is 0 Å². The standard InChI is InChI=1S/C17H28N4O/c1-15(18-2)12-19-17(22)14-21-10-8-20(9-11-21)13-16-6-4-3-5-7-16/h3-7,15,18H,8-14H2,1-2H3,(H,19,22). The fourth-order valence-corrected chi connectivity index (χ4v) is 2.58. The number of benzene rings is 1. The molecule has 1 aliphatic rings. The molecule has 1 heterocycles. The van der Waals surface area contributed by atoms with Crippen LogP contribution >= 0.6 is 0 Å². The summed E-state index contributed by atoms with van der Waals surface area (Å²) in [6.07, 6.45) is 0. The normalized spacial score (nSPS) is 18.1. The van der Waals surface area contributed by atoms with Gasteiger partial charge in [-0.1, -0.05) is 30.3 Å². The van der Waals surface area contributed by atoms with Crippen molar-refractivity contribution in [3.8, 4) is 0 Å². The first kappa shape index (κ1) is 16.9. The summed E-state index contributed by atoms with van der Waals surface area (Å²) in [6.45, 7) is 8.22. The predicted molar refractivity (Wildman–Crippen MR) is 89.7 cm³/mol. The summed E-state index contributed by atoms with van der Waals surface area (Å²) >= 11 is 0. The van der Waals surface area contributed by atoms with Gasteiger partial charge in [0, 0.05) is 45.3 Å². The fourth-order valence-electron chi connectivity index (χ4n) is 2.58. The first-order valence-electron chi connectivity index (χ1n) is 8.10. The number of likely N-dealkylation sites (N-methyl/N-ethyl adjacent to an activating group) is 1. The van der Waals surface area contributed by atoms with E-state index in [2.05, 4.69) is 57.7 Å². The number of hydrogen-bond donors (Lipinski definition) is 2. The Hall–Kier alpha value is -1.43. The number of nitrogens with one attached hydrogen (secondary N) is 2. The van der Waals surface area contributed by atoms with E-state index in [4.69, 9.17) is 0 Å². The average molecular weight is 304 g/mol. The third-order valence-electron chi connectivity index (χ3n) is 4.18. The van der Waals surface area contributed by atoms with Gasteiger partial charge in [-0.15, -0.1) is 0 Å². The summed E-state index contributed by atoms with van der Waals surface area (Å²) in [5.41, 5.74) is 1.36. The minimum atomic E-state index is 0.124. The smallest absolute Gasteiger partial charge is 0.234 e. The van der Waals surface area contributed by atoms with Crippen molar-refractivity contribution < 1.29 is 4.79 Å². The van der Waals surface area contributed by atoms with E-state index < -0.39 is 0 Å². The van der Waals surface area contributed by atoms with Crippen LogP contribution in [0.5, 0.6) is 0 Å². The molecule has 0 saturated carbocycles. The Labute approximate surface area is 133 Å². The lowest BCUT2D eigenvalue weighted by Crippen LogP contribution is -2.50. The van der Waals surface area contributed by atoms with Crippen LogP contribution in [0, 0.1) is 0 Å². The molecular weight excluding hydrogens is 276 g/mol. The molecule has 0 radical (unpaired) electrons. The number of rotatable bonds is 7. The highest BCUT2D eigenvalue weighted by Crippen LogP contribution is 2.08. The molecule has 1 saturated heterocycles. The number of nitrogens with zero attached hydrogens (tertiary/aromatic N) is 2. The highest BCUT2D eigenvalue weighted by atomic mass is 16.2. The van der Waals surface area contributed by atoms with Crippen LogP contribution in [0.15, 0.2) is 30.3 Å². The van der Waals surface area contributed by atoms with Crippen molar-refractivity contribution in [2.75, 3.05) is 46.3 Å². The Morgan fingerprint density at radius 1 is 1.14 bits per heavy atom. The second-order valence-electron chi connectivity index (χ2n) is 6.03. The number of amides is 1. The van der Waals surface area contributed by atoms with E-state index in [1.807, 2.05) is 7.05 Å². The van der Waals surface area contributed by atoms with Crippen LogP contribution in [0.25, 0.3) is 0 Å². The third-order valence-corrected chi connectivity index (χ3v) is 4.18. The minimum Gasteiger partial charge on any atom is -0.353 e. The highest BCUT2D eigenvalue weighted by molar-refractivity contribution is 5.78. The molecule has 1 fully saturated rings. The van der Waals surface area contributed by atoms with Crippen LogP contribution in [-0.4, -0.2) is 68.1 Å². The van der Waals surface area contributed by atoms with Gasteiger partial charge in [-0.2, -0.15) is 0 Å². The lowest BCUT2D eigenvalue weighted by molar-refractivity contribution is -0.122. The summed E-state index contributed by atoms with van der Waals surface area (Å²) in [5, 5.41) is 6.09. The predicted octanol–water partition coefficient (Wildman–Crippen LogP) is 0.528. The van der Waals surface area contributed by atoms with Gasteiger partial charge in [0.15, 0.2) is 0 Å². The van der Waals surface area contributed by atoms with Crippen LogP contribution in [0.3, 0.4) is 0 Å². The fraction of sp³-hybridized carbons (Fsp3) is 0.588. The second kappa shape index (κ2) is 8.88. The Morgan fingerprint density at radius 2 is 1.77 bits per heavy atom. The Bertz CT molecular complexity index is 443. The number of piperazine rings is 1. The van der Waals surface area contributed by atoms with Gasteiger partial charge in [0.25, 0.3) is 0 Å². The zero-order valence-corrected chi connectivity index (χ0v) is 13.7. The van der Waals surface area contributed by atoms with Crippen LogP contribution in [-0.2, 0) is 11.3 Å². The zero-order valence-electron chi connectivity index (χ0n) is 13.7. The number of carbonyl (C=O) groups is 1. The molecule has 1 aliphatic heterocycles. The molecule has 0 aromatic heterocycles. The molecule has 22 heavy (non-hydrogen) atoms. The molecule has 1 amide bonds. The molecule has 0 aliphatic carbocycles. The van der Waals surface area contributed by atoms with E-state index in [9.17, 15) is 4.79 Å². The van der Waals surface area contributed by atoms with Crippen molar-refractivity contribution in [3.05, 3.63) is 35.9 Å². The minimum absolute atomic E-state index is 0.124. The summed E-state index contributed by atoms with van der Waals surface area (Å²) in [4.78, 5) is 16.6. The van der Waals surface area contributed by atoms with Crippen molar-refractivity contribution >= 4 is 5.91 Å². The van der Waals surface area contributed by atoms with Crippen LogP contribution < -0.4 is 10.6 Å². The molecule has 122 valence electrons. The van der Waals surface area contributed by atoms with Crippen molar-refractivity contribution in [3.63, 3.8) is 0 Å². The maximum absolute atomic E-state index is 11.9. The molecule has 1 aromatic rings. The maximum Gasteiger partial charge on any atom is 0.234 e. The summed E-state index contributed by atoms with van der Waals surface area (Å²) < 4.78 is 0. The number of carbonyl (C=O) groups excluding carboxylic acids is 1. The zero-order chi connectivity index (χ0) is 15.8. The van der Waals surface area contributed by atoms with Crippen molar-refractivity contribution in [1.82, 2.24) is 20.4 Å². The number of hydrogen-bond acceptors (Lipinski definition) is 4. The largest absolute Gasteiger partial charge is 0.353 e. The molecule has 0 bridgehead atoms. The van der Waals surface area contributed by atoms with E-state index in [1.54, 1.807) is 0 Å². The Morgan fingerprint density at radius 3 is 2.41 bits per heavy atom. The maximum atomic E-state index is 11.9. The molecule has 2 rings (SSSR count). The molecule has 1 unspecified atom stereocenters.